The minimum Gasteiger partial charge on any atom is -0.356 e. The maximum Gasteiger partial charge on any atom is 0.225 e. The van der Waals surface area contributed by atoms with E-state index in [0.717, 1.165) is 64.6 Å². The van der Waals surface area contributed by atoms with Crippen LogP contribution in [0.1, 0.15) is 77.6 Å². The molecule has 1 heterocycles. The lowest BCUT2D eigenvalue weighted by Gasteiger charge is -2.31. The molecule has 23 heavy (non-hydrogen) atoms. The van der Waals surface area contributed by atoms with Gasteiger partial charge in [-0.05, 0) is 44.9 Å². The number of rotatable bonds is 6. The lowest BCUT2D eigenvalue weighted by atomic mass is 9.81. The van der Waals surface area contributed by atoms with Crippen molar-refractivity contribution in [3.8, 4) is 0 Å². The highest BCUT2D eigenvalue weighted by Crippen LogP contribution is 2.30. The van der Waals surface area contributed by atoms with Crippen molar-refractivity contribution in [3.05, 3.63) is 0 Å². The Labute approximate surface area is 141 Å². The van der Waals surface area contributed by atoms with Gasteiger partial charge in [0.1, 0.15) is 0 Å². The second kappa shape index (κ2) is 9.94. The van der Waals surface area contributed by atoms with Crippen molar-refractivity contribution in [2.45, 2.75) is 77.6 Å². The predicted octanol–water partition coefficient (Wildman–Crippen LogP) is 3.50. The average Bonchev–Trinajstić information content (AvgIpc) is 2.87. The zero-order chi connectivity index (χ0) is 16.5. The topological polar surface area (TPSA) is 49.4 Å². The fourth-order valence-corrected chi connectivity index (χ4v) is 3.88. The average molecular weight is 322 g/mol. The largest absolute Gasteiger partial charge is 0.356 e. The Morgan fingerprint density at radius 1 is 0.913 bits per heavy atom. The Balaban J connectivity index is 1.70. The molecule has 0 radical (unpaired) electrons. The first-order chi connectivity index (χ1) is 11.2. The van der Waals surface area contributed by atoms with Crippen LogP contribution in [0.25, 0.3) is 0 Å². The molecule has 0 aromatic rings. The summed E-state index contributed by atoms with van der Waals surface area (Å²) in [5.74, 6) is 0.859. The van der Waals surface area contributed by atoms with Gasteiger partial charge in [0.25, 0.3) is 0 Å². The molecule has 0 unspecified atom stereocenters. The summed E-state index contributed by atoms with van der Waals surface area (Å²) in [6.07, 6.45) is 11.8. The number of nitrogens with zero attached hydrogens (tertiary/aromatic N) is 1. The van der Waals surface area contributed by atoms with Crippen molar-refractivity contribution in [3.63, 3.8) is 0 Å². The number of carbonyl (C=O) groups is 2. The first-order valence-corrected chi connectivity index (χ1v) is 9.79. The first kappa shape index (κ1) is 18.3. The second-order valence-corrected chi connectivity index (χ2v) is 7.29. The van der Waals surface area contributed by atoms with Crippen LogP contribution in [0.5, 0.6) is 0 Å². The van der Waals surface area contributed by atoms with Gasteiger partial charge in [0.2, 0.25) is 11.8 Å². The molecule has 0 atom stereocenters. The zero-order valence-electron chi connectivity index (χ0n) is 14.8. The van der Waals surface area contributed by atoms with Gasteiger partial charge >= 0.3 is 0 Å². The van der Waals surface area contributed by atoms with Crippen LogP contribution in [0.4, 0.5) is 0 Å². The molecule has 0 spiro atoms. The molecular formula is C19H34N2O2. The molecule has 132 valence electrons. The summed E-state index contributed by atoms with van der Waals surface area (Å²) in [6, 6.07) is 0. The molecule has 4 nitrogen and oxygen atoms in total. The van der Waals surface area contributed by atoms with E-state index in [0.29, 0.717) is 5.91 Å². The predicted molar refractivity (Wildman–Crippen MR) is 93.0 cm³/mol. The number of unbranched alkanes of at least 4 members (excludes halogenated alkanes) is 2. The minimum atomic E-state index is 0.129. The second-order valence-electron chi connectivity index (χ2n) is 7.29. The standard InChI is InChI=1S/C19H34N2O2/c1-2-3-6-13-20-18(22)16-9-11-17(12-10-16)19(23)21-14-7-4-5-8-15-21/h16-17H,2-15H2,1H3,(H,20,22). The molecular weight excluding hydrogens is 288 g/mol. The Bertz CT molecular complexity index is 368. The molecule has 1 aliphatic heterocycles. The van der Waals surface area contributed by atoms with E-state index in [9.17, 15) is 9.59 Å². The van der Waals surface area contributed by atoms with E-state index in [1.54, 1.807) is 0 Å². The van der Waals surface area contributed by atoms with Crippen LogP contribution in [0.15, 0.2) is 0 Å². The van der Waals surface area contributed by atoms with Gasteiger partial charge in [-0.25, -0.2) is 0 Å². The van der Waals surface area contributed by atoms with Crippen LogP contribution in [0.3, 0.4) is 0 Å². The maximum absolute atomic E-state index is 12.7. The van der Waals surface area contributed by atoms with E-state index >= 15 is 0 Å². The fraction of sp³-hybridized carbons (Fsp3) is 0.895. The molecule has 0 aromatic carbocycles. The lowest BCUT2D eigenvalue weighted by molar-refractivity contribution is -0.138. The Kier molecular flexibility index (Phi) is 7.90. The van der Waals surface area contributed by atoms with Crippen molar-refractivity contribution < 1.29 is 9.59 Å². The van der Waals surface area contributed by atoms with Crippen molar-refractivity contribution in [2.75, 3.05) is 19.6 Å². The molecule has 1 saturated carbocycles. The van der Waals surface area contributed by atoms with Crippen LogP contribution in [-0.4, -0.2) is 36.3 Å². The van der Waals surface area contributed by atoms with Gasteiger partial charge in [-0.2, -0.15) is 0 Å². The SMILES string of the molecule is CCCCCNC(=O)C1CCC(C(=O)N2CCCCCC2)CC1. The van der Waals surface area contributed by atoms with Crippen molar-refractivity contribution in [1.29, 1.82) is 0 Å². The first-order valence-electron chi connectivity index (χ1n) is 9.79. The monoisotopic (exact) mass is 322 g/mol. The highest BCUT2D eigenvalue weighted by Gasteiger charge is 2.32. The number of likely N-dealkylation sites (tertiary alicyclic amines) is 1. The Hall–Kier alpha value is -1.06. The molecule has 2 aliphatic rings. The molecule has 1 aliphatic carbocycles. The maximum atomic E-state index is 12.7. The number of carbonyl (C=O) groups excluding carboxylic acids is 2. The van der Waals surface area contributed by atoms with Crippen molar-refractivity contribution in [2.24, 2.45) is 11.8 Å². The summed E-state index contributed by atoms with van der Waals surface area (Å²) in [5.41, 5.74) is 0. The summed E-state index contributed by atoms with van der Waals surface area (Å²) in [5, 5.41) is 3.07. The van der Waals surface area contributed by atoms with E-state index in [4.69, 9.17) is 0 Å². The normalized spacial score (nSPS) is 25.7. The van der Waals surface area contributed by atoms with Crippen molar-refractivity contribution >= 4 is 11.8 Å². The molecule has 4 heteroatoms. The van der Waals surface area contributed by atoms with Gasteiger partial charge in [0.05, 0.1) is 0 Å². The molecule has 2 rings (SSSR count). The molecule has 2 amide bonds. The molecule has 2 fully saturated rings. The van der Waals surface area contributed by atoms with Crippen LogP contribution < -0.4 is 5.32 Å². The lowest BCUT2D eigenvalue weighted by Crippen LogP contribution is -2.40. The van der Waals surface area contributed by atoms with Gasteiger partial charge in [-0.1, -0.05) is 32.6 Å². The van der Waals surface area contributed by atoms with Crippen LogP contribution in [0.2, 0.25) is 0 Å². The molecule has 0 bridgehead atoms. The highest BCUT2D eigenvalue weighted by atomic mass is 16.2. The van der Waals surface area contributed by atoms with Gasteiger partial charge in [0, 0.05) is 31.5 Å². The third-order valence-corrected chi connectivity index (χ3v) is 5.44. The van der Waals surface area contributed by atoms with Crippen LogP contribution in [0, 0.1) is 11.8 Å². The summed E-state index contributed by atoms with van der Waals surface area (Å²) in [6.45, 7) is 4.86. The zero-order valence-corrected chi connectivity index (χ0v) is 14.8. The number of nitrogens with one attached hydrogen (secondary N) is 1. The molecule has 1 N–H and O–H groups in total. The third-order valence-electron chi connectivity index (χ3n) is 5.44. The summed E-state index contributed by atoms with van der Waals surface area (Å²) in [4.78, 5) is 26.9. The number of hydrogen-bond acceptors (Lipinski definition) is 2. The van der Waals surface area contributed by atoms with Gasteiger partial charge in [-0.3, -0.25) is 9.59 Å². The number of hydrogen-bond donors (Lipinski definition) is 1. The van der Waals surface area contributed by atoms with E-state index in [1.807, 2.05) is 0 Å². The van der Waals surface area contributed by atoms with Crippen molar-refractivity contribution in [1.82, 2.24) is 10.2 Å². The summed E-state index contributed by atoms with van der Waals surface area (Å²) in [7, 11) is 0. The van der Waals surface area contributed by atoms with Gasteiger partial charge in [0.15, 0.2) is 0 Å². The Morgan fingerprint density at radius 2 is 1.52 bits per heavy atom. The highest BCUT2D eigenvalue weighted by molar-refractivity contribution is 5.81. The van der Waals surface area contributed by atoms with Gasteiger partial charge in [-0.15, -0.1) is 0 Å². The fourth-order valence-electron chi connectivity index (χ4n) is 3.88. The van der Waals surface area contributed by atoms with E-state index < -0.39 is 0 Å². The molecule has 1 saturated heterocycles. The summed E-state index contributed by atoms with van der Waals surface area (Å²) < 4.78 is 0. The third kappa shape index (κ3) is 5.82. The summed E-state index contributed by atoms with van der Waals surface area (Å²) >= 11 is 0. The Morgan fingerprint density at radius 3 is 2.13 bits per heavy atom. The van der Waals surface area contributed by atoms with E-state index in [-0.39, 0.29) is 17.7 Å². The number of amides is 2. The van der Waals surface area contributed by atoms with Crippen LogP contribution in [-0.2, 0) is 9.59 Å². The minimum absolute atomic E-state index is 0.129. The smallest absolute Gasteiger partial charge is 0.225 e. The quantitative estimate of drug-likeness (QED) is 0.761. The van der Waals surface area contributed by atoms with Crippen LogP contribution >= 0.6 is 0 Å². The molecule has 0 aromatic heterocycles. The van der Waals surface area contributed by atoms with E-state index in [1.165, 1.54) is 25.7 Å². The van der Waals surface area contributed by atoms with E-state index in [2.05, 4.69) is 17.1 Å². The van der Waals surface area contributed by atoms with Gasteiger partial charge < -0.3 is 10.2 Å².